The normalized spacial score (nSPS) is 16.1. The summed E-state index contributed by atoms with van der Waals surface area (Å²) in [5.41, 5.74) is 0. The summed E-state index contributed by atoms with van der Waals surface area (Å²) < 4.78 is -4.21. The van der Waals surface area contributed by atoms with Gasteiger partial charge in [-0.25, -0.2) is 0 Å². The lowest BCUT2D eigenvalue weighted by atomic mass is 9.99. The highest BCUT2D eigenvalue weighted by Gasteiger charge is 2.51. The molecule has 0 aromatic rings. The first-order valence-electron chi connectivity index (χ1n) is 4.23. The van der Waals surface area contributed by atoms with Gasteiger partial charge < -0.3 is 0 Å². The van der Waals surface area contributed by atoms with Crippen LogP contribution in [-0.4, -0.2) is 30.0 Å². The van der Waals surface area contributed by atoms with Crippen molar-refractivity contribution in [2.75, 3.05) is 6.54 Å². The molecule has 0 heterocycles. The van der Waals surface area contributed by atoms with Crippen molar-refractivity contribution >= 4 is 69.6 Å². The van der Waals surface area contributed by atoms with Crippen LogP contribution in [0.15, 0.2) is 0 Å². The van der Waals surface area contributed by atoms with Crippen molar-refractivity contribution in [2.24, 2.45) is 5.92 Å². The van der Waals surface area contributed by atoms with Gasteiger partial charge in [0.2, 0.25) is 16.4 Å². The van der Waals surface area contributed by atoms with Gasteiger partial charge in [-0.1, -0.05) is 69.6 Å². The van der Waals surface area contributed by atoms with Crippen LogP contribution in [-0.2, 0) is 0 Å². The number of nitrogens with zero attached hydrogens (tertiary/aromatic N) is 2. The third-order valence-electron chi connectivity index (χ3n) is 1.94. The molecule has 0 rings (SSSR count). The average Bonchev–Trinajstić information content (AvgIpc) is 2.06. The zero-order valence-corrected chi connectivity index (χ0v) is 12.9. The van der Waals surface area contributed by atoms with Crippen LogP contribution in [0.3, 0.4) is 0 Å². The highest BCUT2D eigenvalue weighted by molar-refractivity contribution is 6.68. The second kappa shape index (κ2) is 6.81. The fraction of sp³-hybridized carbons (Fsp3) is 1.00. The Morgan fingerprint density at radius 1 is 1.00 bits per heavy atom. The molecule has 6 nitrogen and oxygen atoms in total. The third kappa shape index (κ3) is 7.21. The number of alkyl halides is 6. The molecule has 0 amide bonds. The molecule has 0 spiro atoms. The molecule has 2 unspecified atom stereocenters. The highest BCUT2D eigenvalue weighted by atomic mass is 35.6. The van der Waals surface area contributed by atoms with Crippen LogP contribution >= 0.6 is 69.6 Å². The van der Waals surface area contributed by atoms with E-state index in [4.69, 9.17) is 69.6 Å². The Labute approximate surface area is 132 Å². The van der Waals surface area contributed by atoms with E-state index in [9.17, 15) is 20.2 Å². The minimum Gasteiger partial charge on any atom is -0.265 e. The molecule has 0 aliphatic heterocycles. The summed E-state index contributed by atoms with van der Waals surface area (Å²) in [6, 6.07) is -1.67. The van der Waals surface area contributed by atoms with E-state index in [0.29, 0.717) is 0 Å². The number of nitro groups is 2. The molecule has 0 fully saturated rings. The van der Waals surface area contributed by atoms with Crippen LogP contribution < -0.4 is 0 Å². The topological polar surface area (TPSA) is 86.3 Å². The molecule has 0 aliphatic carbocycles. The minimum atomic E-state index is -2.22. The first-order chi connectivity index (χ1) is 7.84. The van der Waals surface area contributed by atoms with E-state index < -0.39 is 42.4 Å². The van der Waals surface area contributed by atoms with Crippen LogP contribution in [0.4, 0.5) is 0 Å². The number of hydrogen-bond acceptors (Lipinski definition) is 4. The Morgan fingerprint density at radius 3 is 1.67 bits per heavy atom. The number of halogens is 6. The van der Waals surface area contributed by atoms with E-state index in [1.54, 1.807) is 0 Å². The molecular weight excluding hydrogens is 377 g/mol. The maximum Gasteiger partial charge on any atom is 0.230 e. The predicted octanol–water partition coefficient (Wildman–Crippen LogP) is 3.66. The van der Waals surface area contributed by atoms with E-state index in [1.807, 2.05) is 0 Å². The average molecular weight is 383 g/mol. The second-order valence-electron chi connectivity index (χ2n) is 3.34. The lowest BCUT2D eigenvalue weighted by molar-refractivity contribution is -0.555. The van der Waals surface area contributed by atoms with E-state index in [1.165, 1.54) is 0 Å². The lowest BCUT2D eigenvalue weighted by Crippen LogP contribution is -2.43. The van der Waals surface area contributed by atoms with Gasteiger partial charge in [0.15, 0.2) is 3.79 Å². The maximum absolute atomic E-state index is 10.9. The largest absolute Gasteiger partial charge is 0.265 e. The van der Waals surface area contributed by atoms with Crippen LogP contribution in [0.1, 0.15) is 6.42 Å². The molecule has 0 radical (unpaired) electrons. The monoisotopic (exact) mass is 380 g/mol. The van der Waals surface area contributed by atoms with Gasteiger partial charge in [0, 0.05) is 9.85 Å². The van der Waals surface area contributed by atoms with Crippen molar-refractivity contribution in [3.05, 3.63) is 20.2 Å². The Morgan fingerprint density at radius 2 is 1.44 bits per heavy atom. The first kappa shape index (κ1) is 18.5. The third-order valence-corrected chi connectivity index (χ3v) is 3.25. The van der Waals surface area contributed by atoms with Gasteiger partial charge in [-0.05, 0) is 0 Å². The fourth-order valence-electron chi connectivity index (χ4n) is 1.20. The Kier molecular flexibility index (Phi) is 7.02. The van der Waals surface area contributed by atoms with E-state index in [-0.39, 0.29) is 0 Å². The highest BCUT2D eigenvalue weighted by Crippen LogP contribution is 2.42. The van der Waals surface area contributed by atoms with Gasteiger partial charge in [0.25, 0.3) is 0 Å². The summed E-state index contributed by atoms with van der Waals surface area (Å²) in [7, 11) is 0. The maximum atomic E-state index is 10.9. The Balaban J connectivity index is 5.23. The van der Waals surface area contributed by atoms with Gasteiger partial charge >= 0.3 is 0 Å². The lowest BCUT2D eigenvalue weighted by Gasteiger charge is -2.25. The van der Waals surface area contributed by atoms with Gasteiger partial charge in [-0.3, -0.25) is 20.2 Å². The van der Waals surface area contributed by atoms with E-state index in [0.717, 1.165) is 0 Å². The van der Waals surface area contributed by atoms with Crippen molar-refractivity contribution in [3.8, 4) is 0 Å². The quantitative estimate of drug-likeness (QED) is 0.412. The SMILES string of the molecule is O=[N+]([O-])CC(C(CC(Cl)(Cl)Cl)[N+](=O)[O-])C(Cl)(Cl)Cl. The second-order valence-corrected chi connectivity index (χ2v) is 8.22. The molecule has 0 aromatic heterocycles. The Hall–Kier alpha value is 0.540. The molecule has 0 saturated carbocycles. The molecule has 0 N–H and O–H groups in total. The summed E-state index contributed by atoms with van der Waals surface area (Å²) in [4.78, 5) is 19.6. The summed E-state index contributed by atoms with van der Waals surface area (Å²) in [6.07, 6.45) is -0.614. The van der Waals surface area contributed by atoms with Gasteiger partial charge in [-0.15, -0.1) is 0 Å². The molecule has 12 heteroatoms. The zero-order chi connectivity index (χ0) is 14.7. The summed E-state index contributed by atoms with van der Waals surface area (Å²) in [5.74, 6) is -1.52. The predicted molar refractivity (Wildman–Crippen MR) is 71.3 cm³/mol. The first-order valence-corrected chi connectivity index (χ1v) is 6.50. The fourth-order valence-corrected chi connectivity index (χ4v) is 2.32. The van der Waals surface area contributed by atoms with E-state index in [2.05, 4.69) is 0 Å². The number of rotatable bonds is 5. The van der Waals surface area contributed by atoms with Crippen LogP contribution in [0, 0.1) is 26.1 Å². The molecule has 0 bridgehead atoms. The molecule has 0 aromatic carbocycles. The molecular formula is C6H6Cl6N2O4. The molecule has 2 atom stereocenters. The van der Waals surface area contributed by atoms with Crippen LogP contribution in [0.5, 0.6) is 0 Å². The van der Waals surface area contributed by atoms with Crippen molar-refractivity contribution in [3.63, 3.8) is 0 Å². The van der Waals surface area contributed by atoms with Gasteiger partial charge in [0.1, 0.15) is 5.92 Å². The van der Waals surface area contributed by atoms with Crippen molar-refractivity contribution in [1.82, 2.24) is 0 Å². The van der Waals surface area contributed by atoms with Gasteiger partial charge in [0.05, 0.1) is 6.42 Å². The van der Waals surface area contributed by atoms with Crippen molar-refractivity contribution in [1.29, 1.82) is 0 Å². The van der Waals surface area contributed by atoms with Crippen LogP contribution in [0.25, 0.3) is 0 Å². The van der Waals surface area contributed by atoms with Crippen LogP contribution in [0.2, 0.25) is 0 Å². The molecule has 0 aliphatic rings. The van der Waals surface area contributed by atoms with Crippen molar-refractivity contribution in [2.45, 2.75) is 20.0 Å². The minimum absolute atomic E-state index is 0.614. The number of hydrogen-bond donors (Lipinski definition) is 0. The zero-order valence-electron chi connectivity index (χ0n) is 8.36. The molecule has 18 heavy (non-hydrogen) atoms. The molecule has 106 valence electrons. The molecule has 0 saturated heterocycles. The van der Waals surface area contributed by atoms with Gasteiger partial charge in [-0.2, -0.15) is 0 Å². The van der Waals surface area contributed by atoms with Crippen molar-refractivity contribution < 1.29 is 9.85 Å². The van der Waals surface area contributed by atoms with E-state index >= 15 is 0 Å². The standard InChI is InChI=1S/C6H6Cl6N2O4/c7-5(8,9)1-4(14(17)18)3(2-13(15)16)6(10,11)12/h3-4H,1-2H2. The summed E-state index contributed by atoms with van der Waals surface area (Å²) >= 11 is 32.8. The summed E-state index contributed by atoms with van der Waals surface area (Å²) in [6.45, 7) is -0.928. The smallest absolute Gasteiger partial charge is 0.230 e. The summed E-state index contributed by atoms with van der Waals surface area (Å²) in [5, 5.41) is 21.3. The Bertz CT molecular complexity index is 327.